The van der Waals surface area contributed by atoms with Crippen LogP contribution in [0.4, 0.5) is 5.69 Å². The summed E-state index contributed by atoms with van der Waals surface area (Å²) in [5.74, 6) is -1.38. The van der Waals surface area contributed by atoms with E-state index in [1.54, 1.807) is 12.1 Å². The number of imide groups is 1. The third kappa shape index (κ3) is 2.92. The lowest BCUT2D eigenvalue weighted by atomic mass is 9.85. The summed E-state index contributed by atoms with van der Waals surface area (Å²) in [5.41, 5.74) is 0.656. The number of likely N-dealkylation sites (tertiary alicyclic amines) is 1. The second-order valence-electron chi connectivity index (χ2n) is 5.47. The fourth-order valence-corrected chi connectivity index (χ4v) is 3.26. The van der Waals surface area contributed by atoms with Gasteiger partial charge in [-0.15, -0.1) is 0 Å². The van der Waals surface area contributed by atoms with Gasteiger partial charge in [-0.3, -0.25) is 19.3 Å². The smallest absolute Gasteiger partial charge is 0.244 e. The molecule has 1 N–H and O–H groups in total. The number of anilines is 1. The van der Waals surface area contributed by atoms with E-state index >= 15 is 0 Å². The van der Waals surface area contributed by atoms with Crippen molar-refractivity contribution in [3.05, 3.63) is 40.0 Å². The fraction of sp³-hybridized carbons (Fsp3) is 0.312. The molecular formula is C16H15IN2O3. The van der Waals surface area contributed by atoms with Crippen LogP contribution in [0.15, 0.2) is 36.4 Å². The average molecular weight is 410 g/mol. The van der Waals surface area contributed by atoms with Gasteiger partial charge >= 0.3 is 0 Å². The number of benzene rings is 1. The highest BCUT2D eigenvalue weighted by atomic mass is 127. The first kappa shape index (κ1) is 15.2. The van der Waals surface area contributed by atoms with Gasteiger partial charge in [-0.2, -0.15) is 0 Å². The second kappa shape index (κ2) is 6.20. The number of allylic oxidation sites excluding steroid dienone is 2. The maximum Gasteiger partial charge on any atom is 0.244 e. The molecule has 2 atom stereocenters. The third-order valence-electron chi connectivity index (χ3n) is 4.03. The molecule has 0 bridgehead atoms. The molecule has 0 aromatic heterocycles. The Labute approximate surface area is 141 Å². The lowest BCUT2D eigenvalue weighted by Gasteiger charge is -2.14. The van der Waals surface area contributed by atoms with Crippen LogP contribution in [0.2, 0.25) is 0 Å². The van der Waals surface area contributed by atoms with E-state index in [1.807, 2.05) is 24.3 Å². The van der Waals surface area contributed by atoms with Crippen LogP contribution >= 0.6 is 22.6 Å². The third-order valence-corrected chi connectivity index (χ3v) is 4.75. The van der Waals surface area contributed by atoms with E-state index in [2.05, 4.69) is 27.9 Å². The zero-order valence-corrected chi connectivity index (χ0v) is 13.9. The van der Waals surface area contributed by atoms with E-state index in [-0.39, 0.29) is 36.1 Å². The highest BCUT2D eigenvalue weighted by Crippen LogP contribution is 2.34. The molecule has 1 aromatic carbocycles. The number of carbonyl (C=O) groups excluding carboxylic acids is 3. The molecule has 1 saturated heterocycles. The normalized spacial score (nSPS) is 23.6. The first-order valence-electron chi connectivity index (χ1n) is 7.12. The summed E-state index contributed by atoms with van der Waals surface area (Å²) in [4.78, 5) is 37.7. The van der Waals surface area contributed by atoms with Crippen LogP contribution in [0.5, 0.6) is 0 Å². The minimum Gasteiger partial charge on any atom is -0.325 e. The van der Waals surface area contributed by atoms with Crippen LogP contribution in [-0.2, 0) is 14.4 Å². The second-order valence-corrected chi connectivity index (χ2v) is 6.72. The Bertz CT molecular complexity index is 628. The highest BCUT2D eigenvalue weighted by molar-refractivity contribution is 14.1. The van der Waals surface area contributed by atoms with Gasteiger partial charge in [0.1, 0.15) is 6.54 Å². The van der Waals surface area contributed by atoms with Gasteiger partial charge in [-0.05, 0) is 59.7 Å². The molecule has 3 amide bonds. The SMILES string of the molecule is O=C(CN1C(=O)[C@H]2CC=CC[C@@H]2C1=O)Nc1ccc(I)cc1. The van der Waals surface area contributed by atoms with Gasteiger partial charge in [0, 0.05) is 9.26 Å². The molecule has 3 rings (SSSR count). The minimum absolute atomic E-state index is 0.212. The topological polar surface area (TPSA) is 66.5 Å². The molecule has 22 heavy (non-hydrogen) atoms. The van der Waals surface area contributed by atoms with Gasteiger partial charge in [-0.25, -0.2) is 0 Å². The molecule has 1 heterocycles. The van der Waals surface area contributed by atoms with Crippen molar-refractivity contribution in [1.82, 2.24) is 4.90 Å². The van der Waals surface area contributed by atoms with Crippen molar-refractivity contribution in [2.24, 2.45) is 11.8 Å². The first-order chi connectivity index (χ1) is 10.6. The molecule has 114 valence electrons. The molecule has 0 radical (unpaired) electrons. The standard InChI is InChI=1S/C16H15IN2O3/c17-10-5-7-11(8-6-10)18-14(20)9-19-15(21)12-3-1-2-4-13(12)16(19)22/h1-2,5-8,12-13H,3-4,9H2,(H,18,20)/t12-,13-/m0/s1. The Kier molecular flexibility index (Phi) is 4.28. The number of fused-ring (bicyclic) bond motifs is 1. The number of carbonyl (C=O) groups is 3. The molecular weight excluding hydrogens is 395 g/mol. The fourth-order valence-electron chi connectivity index (χ4n) is 2.90. The molecule has 1 aromatic rings. The molecule has 0 spiro atoms. The van der Waals surface area contributed by atoms with Crippen molar-refractivity contribution < 1.29 is 14.4 Å². The summed E-state index contributed by atoms with van der Waals surface area (Å²) in [6, 6.07) is 7.33. The van der Waals surface area contributed by atoms with Crippen LogP contribution in [0, 0.1) is 15.4 Å². The van der Waals surface area contributed by atoms with Crippen molar-refractivity contribution in [3.8, 4) is 0 Å². The average Bonchev–Trinajstić information content (AvgIpc) is 2.75. The molecule has 1 aliphatic carbocycles. The Morgan fingerprint density at radius 2 is 1.64 bits per heavy atom. The molecule has 0 saturated carbocycles. The molecule has 5 nitrogen and oxygen atoms in total. The molecule has 2 aliphatic rings. The summed E-state index contributed by atoms with van der Waals surface area (Å²) in [5, 5.41) is 2.71. The van der Waals surface area contributed by atoms with E-state index in [9.17, 15) is 14.4 Å². The van der Waals surface area contributed by atoms with Gasteiger partial charge in [0.25, 0.3) is 0 Å². The van der Waals surface area contributed by atoms with Gasteiger partial charge < -0.3 is 5.32 Å². The summed E-state index contributed by atoms with van der Waals surface area (Å²) in [7, 11) is 0. The lowest BCUT2D eigenvalue weighted by molar-refractivity contribution is -0.142. The van der Waals surface area contributed by atoms with E-state index in [0.29, 0.717) is 18.5 Å². The molecule has 1 fully saturated rings. The summed E-state index contributed by atoms with van der Waals surface area (Å²) < 4.78 is 1.07. The number of rotatable bonds is 3. The first-order valence-corrected chi connectivity index (χ1v) is 8.20. The quantitative estimate of drug-likeness (QED) is 0.472. The van der Waals surface area contributed by atoms with Gasteiger partial charge in [0.15, 0.2) is 0 Å². The largest absolute Gasteiger partial charge is 0.325 e. The Morgan fingerprint density at radius 1 is 1.09 bits per heavy atom. The van der Waals surface area contributed by atoms with Crippen molar-refractivity contribution in [2.45, 2.75) is 12.8 Å². The predicted molar refractivity (Wildman–Crippen MR) is 89.9 cm³/mol. The van der Waals surface area contributed by atoms with E-state index in [1.165, 1.54) is 0 Å². The van der Waals surface area contributed by atoms with Crippen LogP contribution < -0.4 is 5.32 Å². The van der Waals surface area contributed by atoms with Crippen molar-refractivity contribution in [1.29, 1.82) is 0 Å². The number of hydrogen-bond donors (Lipinski definition) is 1. The van der Waals surface area contributed by atoms with Gasteiger partial charge in [0.2, 0.25) is 17.7 Å². The van der Waals surface area contributed by atoms with Crippen molar-refractivity contribution >= 4 is 46.0 Å². The van der Waals surface area contributed by atoms with Crippen LogP contribution in [0.25, 0.3) is 0 Å². The lowest BCUT2D eigenvalue weighted by Crippen LogP contribution is -2.38. The number of hydrogen-bond acceptors (Lipinski definition) is 3. The molecule has 0 unspecified atom stereocenters. The van der Waals surface area contributed by atoms with Gasteiger partial charge in [0.05, 0.1) is 11.8 Å². The minimum atomic E-state index is -0.352. The maximum absolute atomic E-state index is 12.3. The zero-order chi connectivity index (χ0) is 15.7. The van der Waals surface area contributed by atoms with E-state index < -0.39 is 0 Å². The van der Waals surface area contributed by atoms with E-state index in [0.717, 1.165) is 8.47 Å². The number of amides is 3. The Morgan fingerprint density at radius 3 is 2.18 bits per heavy atom. The zero-order valence-electron chi connectivity index (χ0n) is 11.8. The molecule has 1 aliphatic heterocycles. The number of halogens is 1. The van der Waals surface area contributed by atoms with Crippen molar-refractivity contribution in [3.63, 3.8) is 0 Å². The summed E-state index contributed by atoms with van der Waals surface area (Å²) >= 11 is 2.18. The maximum atomic E-state index is 12.3. The Hall–Kier alpha value is -1.70. The van der Waals surface area contributed by atoms with Crippen LogP contribution in [0.1, 0.15) is 12.8 Å². The van der Waals surface area contributed by atoms with E-state index in [4.69, 9.17) is 0 Å². The highest BCUT2D eigenvalue weighted by Gasteiger charge is 2.47. The summed E-state index contributed by atoms with van der Waals surface area (Å²) in [6.07, 6.45) is 5.04. The van der Waals surface area contributed by atoms with Crippen LogP contribution in [0.3, 0.4) is 0 Å². The Balaban J connectivity index is 1.65. The van der Waals surface area contributed by atoms with Crippen LogP contribution in [-0.4, -0.2) is 29.2 Å². The number of nitrogens with zero attached hydrogens (tertiary/aromatic N) is 1. The van der Waals surface area contributed by atoms with Gasteiger partial charge in [-0.1, -0.05) is 12.2 Å². The molecule has 6 heteroatoms. The van der Waals surface area contributed by atoms with Crippen molar-refractivity contribution in [2.75, 3.05) is 11.9 Å². The summed E-state index contributed by atoms with van der Waals surface area (Å²) in [6.45, 7) is -0.212. The monoisotopic (exact) mass is 410 g/mol. The number of nitrogens with one attached hydrogen (secondary N) is 1. The predicted octanol–water partition coefficient (Wildman–Crippen LogP) is 2.18.